The molecule has 8 rings (SSSR count). The fourth-order valence-electron chi connectivity index (χ4n) is 8.46. The predicted molar refractivity (Wildman–Crippen MR) is 206 cm³/mol. The number of imide groups is 2. The molecule has 1 unspecified atom stereocenters. The summed E-state index contributed by atoms with van der Waals surface area (Å²) in [6.07, 6.45) is 8.12. The maximum Gasteiger partial charge on any atom is 0.266 e. The SMILES string of the molecule is O=C1CCC(N2C(=O)c3cccc(OCCCCCC#Cc4cccc(-c5ccc6c(c5)[C@H]5[C@H](CCN5Cc5ccncc5)[C@@H](CO)N6)c4)c3C2=O)C(=O)N1. The lowest BCUT2D eigenvalue weighted by Crippen LogP contribution is -2.54. The number of aliphatic hydroxyl groups excluding tert-OH is 1. The summed E-state index contributed by atoms with van der Waals surface area (Å²) in [7, 11) is 0. The Morgan fingerprint density at radius 1 is 0.891 bits per heavy atom. The molecule has 4 aliphatic heterocycles. The molecule has 0 bridgehead atoms. The third kappa shape index (κ3) is 7.35. The highest BCUT2D eigenvalue weighted by Crippen LogP contribution is 2.48. The maximum absolute atomic E-state index is 13.3. The summed E-state index contributed by atoms with van der Waals surface area (Å²) >= 11 is 0. The van der Waals surface area contributed by atoms with E-state index in [0.29, 0.717) is 18.3 Å². The number of nitrogens with one attached hydrogen (secondary N) is 2. The van der Waals surface area contributed by atoms with Crippen molar-refractivity contribution in [3.05, 3.63) is 113 Å². The Kier molecular flexibility index (Phi) is 10.4. The molecule has 4 atom stereocenters. The van der Waals surface area contributed by atoms with Gasteiger partial charge in [0.2, 0.25) is 11.8 Å². The van der Waals surface area contributed by atoms with E-state index in [1.54, 1.807) is 18.2 Å². The van der Waals surface area contributed by atoms with Gasteiger partial charge in [0, 0.05) is 55.0 Å². The van der Waals surface area contributed by atoms with E-state index in [2.05, 4.69) is 74.8 Å². The van der Waals surface area contributed by atoms with Gasteiger partial charge < -0.3 is 15.2 Å². The van der Waals surface area contributed by atoms with Crippen molar-refractivity contribution in [2.75, 3.05) is 25.1 Å². The van der Waals surface area contributed by atoms with Gasteiger partial charge in [0.25, 0.3) is 11.8 Å². The molecular weight excluding hydrogens is 695 g/mol. The van der Waals surface area contributed by atoms with Crippen LogP contribution in [-0.4, -0.2) is 75.4 Å². The van der Waals surface area contributed by atoms with E-state index in [0.717, 1.165) is 72.5 Å². The standard InChI is InChI=1S/C44H43N5O6/c50-27-36-32-19-22-48(26-29-17-20-45-21-18-29)41(32)34-25-31(13-14-35(34)46-36)30-10-6-9-28(24-30)8-4-2-1-3-5-23-55-38-12-7-11-33-40(38)44(54)49(43(33)53)37-15-16-39(51)47-42(37)52/h6-7,9-14,17-18,20-21,24-25,32,36-37,41,46,50H,1-3,5,15-16,19,22-23,26-27H2,(H,47,51,52)/t32-,36-,37?,41-/m1/s1. The molecule has 1 aromatic heterocycles. The number of unbranched alkanes of at least 4 members (excludes halogenated alkanes) is 3. The first-order chi connectivity index (χ1) is 26.9. The first-order valence-corrected chi connectivity index (χ1v) is 19.1. The lowest BCUT2D eigenvalue weighted by molar-refractivity contribution is -0.136. The Balaban J connectivity index is 0.857. The van der Waals surface area contributed by atoms with Crippen molar-refractivity contribution < 1.29 is 29.0 Å². The third-order valence-corrected chi connectivity index (χ3v) is 11.2. The number of carbonyl (C=O) groups is 4. The Morgan fingerprint density at radius 3 is 2.56 bits per heavy atom. The number of aliphatic hydroxyl groups is 1. The summed E-state index contributed by atoms with van der Waals surface area (Å²) in [6.45, 7) is 2.29. The first-order valence-electron chi connectivity index (χ1n) is 19.1. The van der Waals surface area contributed by atoms with Crippen molar-refractivity contribution in [1.29, 1.82) is 0 Å². The normalized spacial score (nSPS) is 21.6. The van der Waals surface area contributed by atoms with Crippen molar-refractivity contribution in [1.82, 2.24) is 20.1 Å². The summed E-state index contributed by atoms with van der Waals surface area (Å²) in [5.41, 5.74) is 7.17. The topological polar surface area (TPSA) is 141 Å². The molecule has 3 aromatic carbocycles. The number of hydrogen-bond acceptors (Lipinski definition) is 9. The minimum absolute atomic E-state index is 0.0269. The van der Waals surface area contributed by atoms with Gasteiger partial charge in [-0.15, -0.1) is 0 Å². The maximum atomic E-state index is 13.3. The number of hydrogen-bond donors (Lipinski definition) is 3. The van der Waals surface area contributed by atoms with Crippen molar-refractivity contribution in [2.24, 2.45) is 5.92 Å². The van der Waals surface area contributed by atoms with Crippen LogP contribution in [0.15, 0.2) is 85.2 Å². The number of piperidine rings is 1. The van der Waals surface area contributed by atoms with Crippen LogP contribution in [0.1, 0.15) is 88.4 Å². The number of nitrogens with zero attached hydrogens (tertiary/aromatic N) is 3. The van der Waals surface area contributed by atoms with Gasteiger partial charge in [-0.2, -0.15) is 0 Å². The van der Waals surface area contributed by atoms with Gasteiger partial charge in [-0.05, 0) is 109 Å². The van der Waals surface area contributed by atoms with Gasteiger partial charge in [-0.25, -0.2) is 0 Å². The van der Waals surface area contributed by atoms with E-state index in [-0.39, 0.29) is 42.7 Å². The number of aromatic nitrogens is 1. The molecule has 0 aliphatic carbocycles. The average Bonchev–Trinajstić information content (AvgIpc) is 3.74. The Morgan fingerprint density at radius 2 is 1.73 bits per heavy atom. The van der Waals surface area contributed by atoms with E-state index in [4.69, 9.17) is 4.74 Å². The first kappa shape index (κ1) is 36.2. The number of pyridine rings is 1. The average molecular weight is 738 g/mol. The van der Waals surface area contributed by atoms with Crippen molar-refractivity contribution in [2.45, 2.75) is 69.6 Å². The van der Waals surface area contributed by atoms with Crippen molar-refractivity contribution in [3.63, 3.8) is 0 Å². The summed E-state index contributed by atoms with van der Waals surface area (Å²) < 4.78 is 5.97. The van der Waals surface area contributed by atoms with Crippen molar-refractivity contribution >= 4 is 29.3 Å². The molecule has 4 aliphatic rings. The highest BCUT2D eigenvalue weighted by molar-refractivity contribution is 6.24. The minimum Gasteiger partial charge on any atom is -0.493 e. The highest BCUT2D eigenvalue weighted by Gasteiger charge is 2.46. The van der Waals surface area contributed by atoms with Gasteiger partial charge in [0.15, 0.2) is 0 Å². The number of fused-ring (bicyclic) bond motifs is 4. The number of carbonyl (C=O) groups excluding carboxylic acids is 4. The highest BCUT2D eigenvalue weighted by atomic mass is 16.5. The quantitative estimate of drug-likeness (QED) is 0.104. The van der Waals surface area contributed by atoms with Crippen LogP contribution < -0.4 is 15.4 Å². The van der Waals surface area contributed by atoms with Crippen LogP contribution in [0, 0.1) is 17.8 Å². The number of amides is 4. The van der Waals surface area contributed by atoms with Crippen LogP contribution in [0.4, 0.5) is 5.69 Å². The molecule has 4 aromatic rings. The zero-order chi connectivity index (χ0) is 37.9. The zero-order valence-electron chi connectivity index (χ0n) is 30.5. The van der Waals surface area contributed by atoms with Gasteiger partial charge in [0.1, 0.15) is 11.8 Å². The smallest absolute Gasteiger partial charge is 0.266 e. The molecule has 11 heteroatoms. The lowest BCUT2D eigenvalue weighted by atomic mass is 9.82. The number of anilines is 1. The molecule has 5 heterocycles. The van der Waals surface area contributed by atoms with Crippen molar-refractivity contribution in [3.8, 4) is 28.7 Å². The molecule has 2 fully saturated rings. The van der Waals surface area contributed by atoms with Gasteiger partial charge in [-0.3, -0.25) is 39.3 Å². The fourth-order valence-corrected chi connectivity index (χ4v) is 8.46. The molecule has 0 radical (unpaired) electrons. The monoisotopic (exact) mass is 737 g/mol. The number of likely N-dealkylation sites (tertiary alicyclic amines) is 1. The number of ether oxygens (including phenoxy) is 1. The van der Waals surface area contributed by atoms with Crippen LogP contribution in [0.2, 0.25) is 0 Å². The third-order valence-electron chi connectivity index (χ3n) is 11.2. The second-order valence-corrected chi connectivity index (χ2v) is 14.6. The fraction of sp³-hybridized carbons (Fsp3) is 0.341. The molecule has 2 saturated heterocycles. The predicted octanol–water partition coefficient (Wildman–Crippen LogP) is 5.49. The Labute approximate surface area is 320 Å². The molecule has 280 valence electrons. The zero-order valence-corrected chi connectivity index (χ0v) is 30.5. The van der Waals surface area contributed by atoms with Gasteiger partial charge >= 0.3 is 0 Å². The largest absolute Gasteiger partial charge is 0.493 e. The minimum atomic E-state index is -1.01. The molecular formula is C44H43N5O6. The van der Waals surface area contributed by atoms with Crippen LogP contribution >= 0.6 is 0 Å². The number of benzene rings is 3. The van der Waals surface area contributed by atoms with E-state index in [1.807, 2.05) is 24.5 Å². The molecule has 0 saturated carbocycles. The molecule has 55 heavy (non-hydrogen) atoms. The molecule has 11 nitrogen and oxygen atoms in total. The van der Waals surface area contributed by atoms with E-state index in [9.17, 15) is 24.3 Å². The number of rotatable bonds is 11. The Bertz CT molecular complexity index is 2200. The van der Waals surface area contributed by atoms with E-state index < -0.39 is 29.7 Å². The van der Waals surface area contributed by atoms with Gasteiger partial charge in [0.05, 0.1) is 30.4 Å². The summed E-state index contributed by atoms with van der Waals surface area (Å²) in [5, 5.41) is 16.1. The van der Waals surface area contributed by atoms with Crippen LogP contribution in [0.3, 0.4) is 0 Å². The second-order valence-electron chi connectivity index (χ2n) is 14.6. The summed E-state index contributed by atoms with van der Waals surface area (Å²) in [5.74, 6) is 5.13. The van der Waals surface area contributed by atoms with Gasteiger partial charge in [-0.1, -0.05) is 36.1 Å². The van der Waals surface area contributed by atoms with Crippen LogP contribution in [0.5, 0.6) is 5.75 Å². The van der Waals surface area contributed by atoms with Crippen LogP contribution in [0.25, 0.3) is 11.1 Å². The summed E-state index contributed by atoms with van der Waals surface area (Å²) in [4.78, 5) is 58.1. The molecule has 0 spiro atoms. The van der Waals surface area contributed by atoms with E-state index >= 15 is 0 Å². The van der Waals surface area contributed by atoms with Crippen LogP contribution in [-0.2, 0) is 16.1 Å². The molecule has 3 N–H and O–H groups in total. The summed E-state index contributed by atoms with van der Waals surface area (Å²) in [6, 6.07) is 23.2. The lowest BCUT2D eigenvalue weighted by Gasteiger charge is -2.39. The molecule has 4 amide bonds. The second kappa shape index (κ2) is 15.9. The van der Waals surface area contributed by atoms with E-state index in [1.165, 1.54) is 11.1 Å². The Hall–Kier alpha value is -5.83.